The number of amides is 1. The Kier molecular flexibility index (Phi) is 6.24. The average molecular weight is 430 g/mol. The molecule has 3 rings (SSSR count). The summed E-state index contributed by atoms with van der Waals surface area (Å²) in [7, 11) is 2.38. The van der Waals surface area contributed by atoms with E-state index >= 15 is 0 Å². The molecule has 0 unspecified atom stereocenters. The Morgan fingerprint density at radius 3 is 2.26 bits per heavy atom. The third-order valence-corrected chi connectivity index (χ3v) is 4.20. The largest absolute Gasteiger partial charge is 0.493 e. The molecule has 0 radical (unpaired) electrons. The molecule has 0 saturated heterocycles. The number of para-hydroxylation sites is 2. The molecular formula is C20H16F2N4O5. The molecule has 0 aliphatic rings. The molecular weight excluding hydrogens is 414 g/mol. The van der Waals surface area contributed by atoms with E-state index in [9.17, 15) is 23.7 Å². The SMILES string of the molecule is COc1cc(OC)c(F)c(NC(=O)c2ccc(Nc3ccccc3[N+](=O)[O-])nc2)c1F. The monoisotopic (exact) mass is 430 g/mol. The standard InChI is InChI=1S/C20H16F2N4O5/c1-30-14-9-15(31-2)18(22)19(17(14)21)25-20(27)11-7-8-16(23-10-11)24-12-5-3-4-6-13(12)26(28)29/h3-10H,1-2H3,(H,23,24)(H,25,27). The summed E-state index contributed by atoms with van der Waals surface area (Å²) in [6.45, 7) is 0. The van der Waals surface area contributed by atoms with Crippen molar-refractivity contribution in [1.82, 2.24) is 4.98 Å². The van der Waals surface area contributed by atoms with E-state index in [0.717, 1.165) is 12.3 Å². The van der Waals surface area contributed by atoms with E-state index in [1.165, 1.54) is 44.6 Å². The third kappa shape index (κ3) is 4.50. The lowest BCUT2D eigenvalue weighted by Gasteiger charge is -2.13. The molecule has 11 heteroatoms. The lowest BCUT2D eigenvalue weighted by molar-refractivity contribution is -0.383. The molecule has 2 aromatic carbocycles. The fraction of sp³-hybridized carbons (Fsp3) is 0.100. The van der Waals surface area contributed by atoms with Gasteiger partial charge in [0.1, 0.15) is 17.2 Å². The number of carbonyl (C=O) groups is 1. The van der Waals surface area contributed by atoms with Crippen LogP contribution < -0.4 is 20.1 Å². The number of hydrogen-bond acceptors (Lipinski definition) is 7. The number of anilines is 3. The second-order valence-corrected chi connectivity index (χ2v) is 6.07. The Balaban J connectivity index is 1.81. The molecule has 1 amide bonds. The number of benzene rings is 2. The molecule has 0 aliphatic carbocycles. The number of nitro benzene ring substituents is 1. The predicted molar refractivity (Wildman–Crippen MR) is 108 cm³/mol. The molecule has 1 heterocycles. The van der Waals surface area contributed by atoms with Crippen molar-refractivity contribution in [2.75, 3.05) is 24.9 Å². The van der Waals surface area contributed by atoms with Crippen molar-refractivity contribution in [3.63, 3.8) is 0 Å². The fourth-order valence-electron chi connectivity index (χ4n) is 2.66. The first-order valence-corrected chi connectivity index (χ1v) is 8.73. The summed E-state index contributed by atoms with van der Waals surface area (Å²) in [5, 5.41) is 16.0. The number of halogens is 2. The molecule has 31 heavy (non-hydrogen) atoms. The van der Waals surface area contributed by atoms with Crippen LogP contribution in [0, 0.1) is 21.7 Å². The molecule has 0 spiro atoms. The summed E-state index contributed by atoms with van der Waals surface area (Å²) < 4.78 is 38.5. The minimum atomic E-state index is -1.10. The van der Waals surface area contributed by atoms with Crippen molar-refractivity contribution >= 4 is 28.8 Å². The van der Waals surface area contributed by atoms with Crippen LogP contribution in [0.1, 0.15) is 10.4 Å². The van der Waals surface area contributed by atoms with Crippen LogP contribution in [0.2, 0.25) is 0 Å². The number of rotatable bonds is 7. The summed E-state index contributed by atoms with van der Waals surface area (Å²) in [5.41, 5.74) is -0.675. The quantitative estimate of drug-likeness (QED) is 0.425. The number of nitro groups is 1. The van der Waals surface area contributed by atoms with Gasteiger partial charge < -0.3 is 20.1 Å². The van der Waals surface area contributed by atoms with Gasteiger partial charge in [-0.25, -0.2) is 13.8 Å². The molecule has 9 nitrogen and oxygen atoms in total. The van der Waals surface area contributed by atoms with Gasteiger partial charge in [0.15, 0.2) is 23.1 Å². The van der Waals surface area contributed by atoms with Crippen molar-refractivity contribution in [3.8, 4) is 11.5 Å². The van der Waals surface area contributed by atoms with Crippen LogP contribution >= 0.6 is 0 Å². The van der Waals surface area contributed by atoms with E-state index in [2.05, 4.69) is 15.6 Å². The molecule has 0 fully saturated rings. The minimum Gasteiger partial charge on any atom is -0.493 e. The number of ether oxygens (including phenoxy) is 2. The van der Waals surface area contributed by atoms with Gasteiger partial charge in [-0.1, -0.05) is 12.1 Å². The van der Waals surface area contributed by atoms with E-state index < -0.39 is 28.2 Å². The molecule has 0 atom stereocenters. The number of nitrogens with one attached hydrogen (secondary N) is 2. The zero-order valence-electron chi connectivity index (χ0n) is 16.3. The summed E-state index contributed by atoms with van der Waals surface area (Å²) in [4.78, 5) is 27.0. The highest BCUT2D eigenvalue weighted by molar-refractivity contribution is 6.04. The van der Waals surface area contributed by atoms with Crippen LogP contribution in [0.5, 0.6) is 11.5 Å². The molecule has 0 aliphatic heterocycles. The Morgan fingerprint density at radius 2 is 1.71 bits per heavy atom. The van der Waals surface area contributed by atoms with Crippen LogP contribution in [-0.4, -0.2) is 30.0 Å². The van der Waals surface area contributed by atoms with E-state index in [0.29, 0.717) is 0 Å². The Bertz CT molecular complexity index is 1110. The van der Waals surface area contributed by atoms with Gasteiger partial charge in [-0.15, -0.1) is 0 Å². The van der Waals surface area contributed by atoms with Crippen LogP contribution in [0.15, 0.2) is 48.7 Å². The van der Waals surface area contributed by atoms with Gasteiger partial charge in [0, 0.05) is 18.3 Å². The minimum absolute atomic E-state index is 0.00584. The van der Waals surface area contributed by atoms with Crippen LogP contribution in [0.4, 0.5) is 31.7 Å². The van der Waals surface area contributed by atoms with Crippen molar-refractivity contribution in [2.24, 2.45) is 0 Å². The first-order chi connectivity index (χ1) is 14.8. The lowest BCUT2D eigenvalue weighted by Crippen LogP contribution is -2.15. The smallest absolute Gasteiger partial charge is 0.292 e. The van der Waals surface area contributed by atoms with Crippen LogP contribution in [0.25, 0.3) is 0 Å². The van der Waals surface area contributed by atoms with E-state index in [1.807, 2.05) is 0 Å². The van der Waals surface area contributed by atoms with Crippen molar-refractivity contribution < 1.29 is 28.0 Å². The van der Waals surface area contributed by atoms with Crippen LogP contribution in [-0.2, 0) is 0 Å². The lowest BCUT2D eigenvalue weighted by atomic mass is 10.2. The fourth-order valence-corrected chi connectivity index (χ4v) is 2.66. The molecule has 2 N–H and O–H groups in total. The Labute approximate surface area is 174 Å². The maximum Gasteiger partial charge on any atom is 0.292 e. The molecule has 3 aromatic rings. The Hall–Kier alpha value is -4.28. The number of aromatic nitrogens is 1. The molecule has 1 aromatic heterocycles. The van der Waals surface area contributed by atoms with E-state index in [4.69, 9.17) is 9.47 Å². The highest BCUT2D eigenvalue weighted by Gasteiger charge is 2.22. The van der Waals surface area contributed by atoms with Gasteiger partial charge in [-0.3, -0.25) is 14.9 Å². The zero-order chi connectivity index (χ0) is 22.5. The predicted octanol–water partition coefficient (Wildman–Crippen LogP) is 4.28. The Morgan fingerprint density at radius 1 is 1.06 bits per heavy atom. The summed E-state index contributed by atoms with van der Waals surface area (Å²) >= 11 is 0. The normalized spacial score (nSPS) is 10.3. The first-order valence-electron chi connectivity index (χ1n) is 8.73. The number of pyridine rings is 1. The maximum absolute atomic E-state index is 14.4. The van der Waals surface area contributed by atoms with Crippen LogP contribution in [0.3, 0.4) is 0 Å². The second kappa shape index (κ2) is 9.03. The number of carbonyl (C=O) groups excluding carboxylic acids is 1. The summed E-state index contributed by atoms with van der Waals surface area (Å²) in [6.07, 6.45) is 1.15. The van der Waals surface area contributed by atoms with E-state index in [1.54, 1.807) is 6.07 Å². The average Bonchev–Trinajstić information content (AvgIpc) is 2.77. The number of methoxy groups -OCH3 is 2. The highest BCUT2D eigenvalue weighted by atomic mass is 19.1. The molecule has 0 bridgehead atoms. The molecule has 0 saturated carbocycles. The number of nitrogens with zero attached hydrogens (tertiary/aromatic N) is 2. The molecule has 160 valence electrons. The zero-order valence-corrected chi connectivity index (χ0v) is 16.3. The third-order valence-electron chi connectivity index (χ3n) is 4.20. The van der Waals surface area contributed by atoms with Crippen molar-refractivity contribution in [2.45, 2.75) is 0 Å². The second-order valence-electron chi connectivity index (χ2n) is 6.07. The van der Waals surface area contributed by atoms with Gasteiger partial charge in [-0.05, 0) is 18.2 Å². The van der Waals surface area contributed by atoms with Gasteiger partial charge in [0.05, 0.1) is 24.7 Å². The van der Waals surface area contributed by atoms with Gasteiger partial charge in [0.25, 0.3) is 11.6 Å². The summed E-state index contributed by atoms with van der Waals surface area (Å²) in [5.74, 6) is -3.43. The maximum atomic E-state index is 14.4. The number of hydrogen-bond donors (Lipinski definition) is 2. The van der Waals surface area contributed by atoms with Gasteiger partial charge in [-0.2, -0.15) is 0 Å². The van der Waals surface area contributed by atoms with Gasteiger partial charge >= 0.3 is 0 Å². The summed E-state index contributed by atoms with van der Waals surface area (Å²) in [6, 6.07) is 9.72. The van der Waals surface area contributed by atoms with E-state index in [-0.39, 0.29) is 34.3 Å². The van der Waals surface area contributed by atoms with Gasteiger partial charge in [0.2, 0.25) is 0 Å². The topological polar surface area (TPSA) is 116 Å². The van der Waals surface area contributed by atoms with Crippen molar-refractivity contribution in [1.29, 1.82) is 0 Å². The van der Waals surface area contributed by atoms with Crippen molar-refractivity contribution in [3.05, 3.63) is 76.0 Å². The first kappa shape index (κ1) is 21.4. The highest BCUT2D eigenvalue weighted by Crippen LogP contribution is 2.35.